The highest BCUT2D eigenvalue weighted by Crippen LogP contribution is 2.25. The number of carbonyl (C=O) groups excluding carboxylic acids is 1. The number of nitrogens with one attached hydrogen (secondary N) is 1. The third-order valence-corrected chi connectivity index (χ3v) is 5.05. The van der Waals surface area contributed by atoms with Gasteiger partial charge in [-0.2, -0.15) is 5.10 Å². The van der Waals surface area contributed by atoms with E-state index in [4.69, 9.17) is 0 Å². The van der Waals surface area contributed by atoms with Crippen molar-refractivity contribution < 1.29 is 4.79 Å². The molecule has 1 fully saturated rings. The largest absolute Gasteiger partial charge is 0.356 e. The number of amides is 1. The average Bonchev–Trinajstić information content (AvgIpc) is 3.07. The van der Waals surface area contributed by atoms with Crippen LogP contribution in [0.1, 0.15) is 46.0 Å². The number of hydrogen-bond donors (Lipinski definition) is 1. The third-order valence-electron chi connectivity index (χ3n) is 5.05. The summed E-state index contributed by atoms with van der Waals surface area (Å²) in [7, 11) is 0. The van der Waals surface area contributed by atoms with Crippen molar-refractivity contribution in [1.29, 1.82) is 0 Å². The number of piperidine rings is 1. The van der Waals surface area contributed by atoms with Crippen LogP contribution in [-0.2, 0) is 11.3 Å². The molecule has 0 radical (unpaired) electrons. The molecule has 3 rings (SSSR count). The summed E-state index contributed by atoms with van der Waals surface area (Å²) in [6.07, 6.45) is 8.93. The Balaban J connectivity index is 1.68. The lowest BCUT2D eigenvalue weighted by Crippen LogP contribution is -2.32. The van der Waals surface area contributed by atoms with Gasteiger partial charge in [-0.05, 0) is 32.1 Å². The van der Waals surface area contributed by atoms with Crippen LogP contribution in [0.2, 0.25) is 0 Å². The van der Waals surface area contributed by atoms with E-state index in [1.807, 2.05) is 24.7 Å². The summed E-state index contributed by atoms with van der Waals surface area (Å²) < 4.78 is 1.86. The van der Waals surface area contributed by atoms with Crippen LogP contribution >= 0.6 is 0 Å². The molecule has 3 heterocycles. The zero-order valence-corrected chi connectivity index (χ0v) is 15.2. The molecule has 25 heavy (non-hydrogen) atoms. The van der Waals surface area contributed by atoms with Gasteiger partial charge in [0, 0.05) is 25.6 Å². The molecule has 1 N–H and O–H groups in total. The minimum Gasteiger partial charge on any atom is -0.356 e. The molecule has 1 aliphatic heterocycles. The van der Waals surface area contributed by atoms with Gasteiger partial charge in [0.2, 0.25) is 5.91 Å². The van der Waals surface area contributed by atoms with E-state index in [0.29, 0.717) is 13.1 Å². The molecule has 0 aliphatic carbocycles. The Kier molecular flexibility index (Phi) is 5.83. The molecule has 0 bridgehead atoms. The van der Waals surface area contributed by atoms with Crippen molar-refractivity contribution in [3.05, 3.63) is 12.5 Å². The highest BCUT2D eigenvalue weighted by molar-refractivity contribution is 5.86. The molecule has 2 aromatic heterocycles. The highest BCUT2D eigenvalue weighted by Gasteiger charge is 2.18. The molecule has 0 spiro atoms. The molecule has 2 aromatic rings. The Labute approximate surface area is 148 Å². The van der Waals surface area contributed by atoms with Crippen molar-refractivity contribution in [2.75, 3.05) is 24.5 Å². The first-order valence-corrected chi connectivity index (χ1v) is 9.43. The zero-order valence-electron chi connectivity index (χ0n) is 15.2. The Bertz CT molecular complexity index is 703. The van der Waals surface area contributed by atoms with Gasteiger partial charge < -0.3 is 10.2 Å². The van der Waals surface area contributed by atoms with Crippen LogP contribution in [0.5, 0.6) is 0 Å². The first-order chi connectivity index (χ1) is 12.2. The molecule has 1 amide bonds. The molecular formula is C18H28N6O. The summed E-state index contributed by atoms with van der Waals surface area (Å²) in [5.41, 5.74) is 0.840. The van der Waals surface area contributed by atoms with Gasteiger partial charge in [-0.1, -0.05) is 13.8 Å². The van der Waals surface area contributed by atoms with E-state index < -0.39 is 0 Å². The maximum absolute atomic E-state index is 12.1. The van der Waals surface area contributed by atoms with Gasteiger partial charge >= 0.3 is 0 Å². The van der Waals surface area contributed by atoms with Gasteiger partial charge in [-0.3, -0.25) is 4.79 Å². The van der Waals surface area contributed by atoms with Gasteiger partial charge in [-0.15, -0.1) is 0 Å². The summed E-state index contributed by atoms with van der Waals surface area (Å²) in [5, 5.41) is 8.48. The molecule has 7 heteroatoms. The summed E-state index contributed by atoms with van der Waals surface area (Å²) in [5.74, 6) is 1.21. The van der Waals surface area contributed by atoms with E-state index in [-0.39, 0.29) is 11.8 Å². The second-order valence-corrected chi connectivity index (χ2v) is 6.65. The number of anilines is 1. The van der Waals surface area contributed by atoms with Crippen LogP contribution in [0.25, 0.3) is 11.0 Å². The first-order valence-electron chi connectivity index (χ1n) is 9.43. The Morgan fingerprint density at radius 3 is 2.68 bits per heavy atom. The number of rotatable bonds is 7. The smallest absolute Gasteiger partial charge is 0.223 e. The van der Waals surface area contributed by atoms with E-state index in [2.05, 4.69) is 25.3 Å². The lowest BCUT2D eigenvalue weighted by Gasteiger charge is -2.27. The second kappa shape index (κ2) is 8.27. The second-order valence-electron chi connectivity index (χ2n) is 6.65. The lowest BCUT2D eigenvalue weighted by molar-refractivity contribution is -0.125. The van der Waals surface area contributed by atoms with Crippen molar-refractivity contribution in [2.24, 2.45) is 5.92 Å². The van der Waals surface area contributed by atoms with Gasteiger partial charge in [0.15, 0.2) is 5.65 Å². The van der Waals surface area contributed by atoms with Gasteiger partial charge in [-0.25, -0.2) is 14.6 Å². The SMILES string of the molecule is CCC(CC)C(=O)NCCn1ncc2c(N3CCCCC3)ncnc21. The molecule has 0 aromatic carbocycles. The maximum Gasteiger partial charge on any atom is 0.223 e. The van der Waals surface area contributed by atoms with Crippen LogP contribution in [0, 0.1) is 5.92 Å². The van der Waals surface area contributed by atoms with Crippen LogP contribution < -0.4 is 10.2 Å². The van der Waals surface area contributed by atoms with Gasteiger partial charge in [0.1, 0.15) is 12.1 Å². The minimum absolute atomic E-state index is 0.0994. The highest BCUT2D eigenvalue weighted by atomic mass is 16.1. The fraction of sp³-hybridized carbons (Fsp3) is 0.667. The van der Waals surface area contributed by atoms with Gasteiger partial charge in [0.25, 0.3) is 0 Å². The van der Waals surface area contributed by atoms with Crippen molar-refractivity contribution in [3.63, 3.8) is 0 Å². The molecule has 1 saturated heterocycles. The fourth-order valence-electron chi connectivity index (χ4n) is 3.49. The Morgan fingerprint density at radius 2 is 1.96 bits per heavy atom. The quantitative estimate of drug-likeness (QED) is 0.834. The monoisotopic (exact) mass is 344 g/mol. The summed E-state index contributed by atoms with van der Waals surface area (Å²) >= 11 is 0. The summed E-state index contributed by atoms with van der Waals surface area (Å²) in [6, 6.07) is 0. The summed E-state index contributed by atoms with van der Waals surface area (Å²) in [4.78, 5) is 23.3. The number of nitrogens with zero attached hydrogens (tertiary/aromatic N) is 5. The van der Waals surface area contributed by atoms with Crippen molar-refractivity contribution in [1.82, 2.24) is 25.1 Å². The number of carbonyl (C=O) groups is 1. The third kappa shape index (κ3) is 3.91. The molecule has 7 nitrogen and oxygen atoms in total. The molecule has 0 unspecified atom stereocenters. The van der Waals surface area contributed by atoms with E-state index in [1.165, 1.54) is 19.3 Å². The number of fused-ring (bicyclic) bond motifs is 1. The van der Waals surface area contributed by atoms with E-state index >= 15 is 0 Å². The predicted molar refractivity (Wildman–Crippen MR) is 98.5 cm³/mol. The maximum atomic E-state index is 12.1. The van der Waals surface area contributed by atoms with E-state index in [9.17, 15) is 4.79 Å². The zero-order chi connectivity index (χ0) is 17.6. The lowest BCUT2D eigenvalue weighted by atomic mass is 10.0. The van der Waals surface area contributed by atoms with Crippen LogP contribution in [0.15, 0.2) is 12.5 Å². The van der Waals surface area contributed by atoms with E-state index in [1.54, 1.807) is 6.33 Å². The molecule has 0 atom stereocenters. The van der Waals surface area contributed by atoms with Crippen molar-refractivity contribution in [2.45, 2.75) is 52.5 Å². The van der Waals surface area contributed by atoms with Crippen LogP contribution in [0.3, 0.4) is 0 Å². The predicted octanol–water partition coefficient (Wildman–Crippen LogP) is 2.37. The normalized spacial score (nSPS) is 15.1. The summed E-state index contributed by atoms with van der Waals surface area (Å²) in [6.45, 7) is 7.37. The Morgan fingerprint density at radius 1 is 1.20 bits per heavy atom. The van der Waals surface area contributed by atoms with Gasteiger partial charge in [0.05, 0.1) is 18.1 Å². The van der Waals surface area contributed by atoms with Crippen molar-refractivity contribution in [3.8, 4) is 0 Å². The molecule has 1 aliphatic rings. The molecule has 0 saturated carbocycles. The van der Waals surface area contributed by atoms with Crippen molar-refractivity contribution >= 4 is 22.8 Å². The topological polar surface area (TPSA) is 75.9 Å². The van der Waals surface area contributed by atoms with Crippen LogP contribution in [0.4, 0.5) is 5.82 Å². The fourth-order valence-corrected chi connectivity index (χ4v) is 3.49. The molecule has 136 valence electrons. The number of hydrogen-bond acceptors (Lipinski definition) is 5. The Hall–Kier alpha value is -2.18. The molecular weight excluding hydrogens is 316 g/mol. The van der Waals surface area contributed by atoms with E-state index in [0.717, 1.165) is 42.8 Å². The van der Waals surface area contributed by atoms with Crippen LogP contribution in [-0.4, -0.2) is 45.3 Å². The average molecular weight is 344 g/mol. The minimum atomic E-state index is 0.0994. The number of aromatic nitrogens is 4. The standard InChI is InChI=1S/C18H28N6O/c1-3-14(4-2)18(25)19-8-11-24-17-15(12-22-24)16(20-13-21-17)23-9-6-5-7-10-23/h12-14H,3-11H2,1-2H3,(H,19,25). The first kappa shape index (κ1) is 17.6.